The van der Waals surface area contributed by atoms with Crippen LogP contribution < -0.4 is 0 Å². The van der Waals surface area contributed by atoms with E-state index in [1.807, 2.05) is 36.4 Å². The molecule has 1 heterocycles. The van der Waals surface area contributed by atoms with E-state index in [4.69, 9.17) is 4.74 Å². The molecule has 0 saturated heterocycles. The van der Waals surface area contributed by atoms with E-state index >= 15 is 0 Å². The van der Waals surface area contributed by atoms with E-state index in [1.165, 1.54) is 5.56 Å². The van der Waals surface area contributed by atoms with Crippen LogP contribution in [0.15, 0.2) is 72.0 Å². The maximum Gasteiger partial charge on any atom is 0.337 e. The summed E-state index contributed by atoms with van der Waals surface area (Å²) in [7, 11) is 0. The number of aliphatic hydroxyl groups is 1. The Kier molecular flexibility index (Phi) is 6.91. The maximum atomic E-state index is 12.8. The molecule has 0 aliphatic carbocycles. The summed E-state index contributed by atoms with van der Waals surface area (Å²) in [6.45, 7) is 2.13. The van der Waals surface area contributed by atoms with Crippen molar-refractivity contribution in [3.05, 3.63) is 83.1 Å². The number of carbonyl (C=O) groups is 1. The lowest BCUT2D eigenvalue weighted by Crippen LogP contribution is -2.42. The van der Waals surface area contributed by atoms with Crippen molar-refractivity contribution in [3.8, 4) is 0 Å². The molecule has 148 valence electrons. The molecule has 28 heavy (non-hydrogen) atoms. The van der Waals surface area contributed by atoms with Crippen LogP contribution >= 0.6 is 0 Å². The molecular weight excluding hydrogens is 348 g/mol. The number of benzene rings is 2. The van der Waals surface area contributed by atoms with E-state index in [1.54, 1.807) is 0 Å². The minimum absolute atomic E-state index is 0.219. The maximum absolute atomic E-state index is 12.8. The normalized spacial score (nSPS) is 19.5. The van der Waals surface area contributed by atoms with Gasteiger partial charge in [0.25, 0.3) is 0 Å². The second kappa shape index (κ2) is 9.59. The standard InChI is InChI=1S/C25H30O3/c1-2-3-17-25(18-21-13-8-5-9-14-21)19-23(26)22(24(27)28-25)16-10-15-20-11-6-4-7-12-20/h4-9,11-14,26H,2-3,10,15-19H2,1H3. The molecule has 0 fully saturated rings. The highest BCUT2D eigenvalue weighted by Crippen LogP contribution is 2.37. The molecule has 0 amide bonds. The number of esters is 1. The van der Waals surface area contributed by atoms with Crippen molar-refractivity contribution in [1.29, 1.82) is 0 Å². The summed E-state index contributed by atoms with van der Waals surface area (Å²) in [4.78, 5) is 12.8. The molecular formula is C25H30O3. The Balaban J connectivity index is 1.70. The van der Waals surface area contributed by atoms with Gasteiger partial charge in [0.2, 0.25) is 0 Å². The molecule has 2 aromatic carbocycles. The van der Waals surface area contributed by atoms with Gasteiger partial charge >= 0.3 is 5.97 Å². The number of rotatable bonds is 9. The molecule has 0 radical (unpaired) electrons. The number of hydrogen-bond donors (Lipinski definition) is 1. The molecule has 0 spiro atoms. The molecule has 3 heteroatoms. The number of cyclic esters (lactones) is 1. The van der Waals surface area contributed by atoms with E-state index in [9.17, 15) is 9.90 Å². The van der Waals surface area contributed by atoms with Gasteiger partial charge in [0.05, 0.1) is 5.57 Å². The molecule has 3 rings (SSSR count). The van der Waals surface area contributed by atoms with Crippen LogP contribution in [0.1, 0.15) is 56.6 Å². The van der Waals surface area contributed by atoms with Crippen LogP contribution in [0.2, 0.25) is 0 Å². The highest BCUT2D eigenvalue weighted by atomic mass is 16.6. The van der Waals surface area contributed by atoms with E-state index in [0.29, 0.717) is 24.8 Å². The highest BCUT2D eigenvalue weighted by molar-refractivity contribution is 5.90. The van der Waals surface area contributed by atoms with Gasteiger partial charge in [-0.2, -0.15) is 0 Å². The van der Waals surface area contributed by atoms with Gasteiger partial charge in [-0.25, -0.2) is 4.79 Å². The Morgan fingerprint density at radius 2 is 1.57 bits per heavy atom. The van der Waals surface area contributed by atoms with Crippen LogP contribution in [0.4, 0.5) is 0 Å². The molecule has 1 unspecified atom stereocenters. The topological polar surface area (TPSA) is 46.5 Å². The molecule has 1 aliphatic heterocycles. The lowest BCUT2D eigenvalue weighted by Gasteiger charge is -2.37. The summed E-state index contributed by atoms with van der Waals surface area (Å²) in [6, 6.07) is 20.3. The molecule has 0 saturated carbocycles. The van der Waals surface area contributed by atoms with Crippen molar-refractivity contribution < 1.29 is 14.6 Å². The smallest absolute Gasteiger partial charge is 0.337 e. The van der Waals surface area contributed by atoms with Gasteiger partial charge in [-0.3, -0.25) is 0 Å². The first kappa shape index (κ1) is 20.2. The van der Waals surface area contributed by atoms with Crippen LogP contribution in [0.5, 0.6) is 0 Å². The fraction of sp³-hybridized carbons (Fsp3) is 0.400. The van der Waals surface area contributed by atoms with Gasteiger partial charge in [0.1, 0.15) is 11.4 Å². The van der Waals surface area contributed by atoms with Gasteiger partial charge in [0.15, 0.2) is 0 Å². The van der Waals surface area contributed by atoms with Gasteiger partial charge in [0, 0.05) is 12.8 Å². The number of ether oxygens (including phenoxy) is 1. The second-order valence-corrected chi connectivity index (χ2v) is 7.78. The zero-order chi connectivity index (χ0) is 19.8. The number of carbonyl (C=O) groups excluding carboxylic acids is 1. The zero-order valence-corrected chi connectivity index (χ0v) is 16.7. The summed E-state index contributed by atoms with van der Waals surface area (Å²) >= 11 is 0. The highest BCUT2D eigenvalue weighted by Gasteiger charge is 2.41. The quantitative estimate of drug-likeness (QED) is 0.549. The number of aliphatic hydroxyl groups excluding tert-OH is 1. The van der Waals surface area contributed by atoms with Crippen molar-refractivity contribution >= 4 is 5.97 Å². The lowest BCUT2D eigenvalue weighted by molar-refractivity contribution is -0.160. The Bertz CT molecular complexity index is 795. The second-order valence-electron chi connectivity index (χ2n) is 7.78. The van der Waals surface area contributed by atoms with Crippen LogP contribution in [0.3, 0.4) is 0 Å². The first-order valence-electron chi connectivity index (χ1n) is 10.3. The Morgan fingerprint density at radius 1 is 0.929 bits per heavy atom. The third-order valence-electron chi connectivity index (χ3n) is 5.48. The van der Waals surface area contributed by atoms with Crippen LogP contribution in [0, 0.1) is 0 Å². The number of aryl methyl sites for hydroxylation is 1. The molecule has 0 aromatic heterocycles. The van der Waals surface area contributed by atoms with Crippen LogP contribution in [-0.2, 0) is 22.4 Å². The summed E-state index contributed by atoms with van der Waals surface area (Å²) in [5, 5.41) is 10.7. The van der Waals surface area contributed by atoms with Crippen molar-refractivity contribution in [2.45, 2.75) is 63.9 Å². The van der Waals surface area contributed by atoms with Crippen LogP contribution in [0.25, 0.3) is 0 Å². The SMILES string of the molecule is CCCCC1(Cc2ccccc2)CC(O)=C(CCCc2ccccc2)C(=O)O1. The molecule has 3 nitrogen and oxygen atoms in total. The number of hydrogen-bond acceptors (Lipinski definition) is 3. The average Bonchev–Trinajstić information content (AvgIpc) is 2.70. The first-order valence-corrected chi connectivity index (χ1v) is 10.3. The van der Waals surface area contributed by atoms with Gasteiger partial charge in [-0.05, 0) is 43.2 Å². The summed E-state index contributed by atoms with van der Waals surface area (Å²) < 4.78 is 6.01. The molecule has 0 bridgehead atoms. The van der Waals surface area contributed by atoms with Crippen molar-refractivity contribution in [2.24, 2.45) is 0 Å². The minimum atomic E-state index is -0.637. The zero-order valence-electron chi connectivity index (χ0n) is 16.7. The molecule has 2 aromatic rings. The predicted octanol–water partition coefficient (Wildman–Crippen LogP) is 5.94. The third kappa shape index (κ3) is 5.25. The fourth-order valence-corrected chi connectivity index (χ4v) is 3.98. The third-order valence-corrected chi connectivity index (χ3v) is 5.48. The van der Waals surface area contributed by atoms with Gasteiger partial charge in [-0.1, -0.05) is 74.0 Å². The summed E-state index contributed by atoms with van der Waals surface area (Å²) in [6.07, 6.45) is 6.07. The molecule has 1 N–H and O–H groups in total. The Labute approximate surface area is 168 Å². The number of unbranched alkanes of at least 4 members (excludes halogenated alkanes) is 1. The fourth-order valence-electron chi connectivity index (χ4n) is 3.98. The van der Waals surface area contributed by atoms with E-state index in [2.05, 4.69) is 31.2 Å². The monoisotopic (exact) mass is 378 g/mol. The van der Waals surface area contributed by atoms with E-state index in [0.717, 1.165) is 37.7 Å². The minimum Gasteiger partial charge on any atom is -0.512 e. The lowest BCUT2D eigenvalue weighted by atomic mass is 9.82. The van der Waals surface area contributed by atoms with E-state index in [-0.39, 0.29) is 11.7 Å². The molecule has 1 atom stereocenters. The summed E-state index contributed by atoms with van der Waals surface area (Å²) in [5.41, 5.74) is 2.19. The average molecular weight is 379 g/mol. The van der Waals surface area contributed by atoms with E-state index < -0.39 is 5.60 Å². The van der Waals surface area contributed by atoms with Crippen molar-refractivity contribution in [1.82, 2.24) is 0 Å². The Morgan fingerprint density at radius 3 is 2.18 bits per heavy atom. The predicted molar refractivity (Wildman–Crippen MR) is 112 cm³/mol. The Hall–Kier alpha value is -2.55. The van der Waals surface area contributed by atoms with Crippen molar-refractivity contribution in [2.75, 3.05) is 0 Å². The molecule has 1 aliphatic rings. The van der Waals surface area contributed by atoms with Crippen molar-refractivity contribution in [3.63, 3.8) is 0 Å². The summed E-state index contributed by atoms with van der Waals surface area (Å²) in [5.74, 6) is -0.125. The first-order chi connectivity index (χ1) is 13.6. The van der Waals surface area contributed by atoms with Crippen LogP contribution in [-0.4, -0.2) is 16.7 Å². The largest absolute Gasteiger partial charge is 0.512 e. The van der Waals surface area contributed by atoms with Gasteiger partial charge < -0.3 is 9.84 Å². The van der Waals surface area contributed by atoms with Gasteiger partial charge in [-0.15, -0.1) is 0 Å².